The molecule has 1 aromatic carbocycles. The summed E-state index contributed by atoms with van der Waals surface area (Å²) < 4.78 is 26.4. The van der Waals surface area contributed by atoms with Crippen LogP contribution >= 0.6 is 0 Å². The molecule has 0 amide bonds. The molecule has 0 radical (unpaired) electrons. The van der Waals surface area contributed by atoms with E-state index in [2.05, 4.69) is 20.0 Å². The highest BCUT2D eigenvalue weighted by Crippen LogP contribution is 2.13. The SMILES string of the molecule is CCNCc1ccc(S(=O)(=O)Nc2ncc[nH]2)cc1. The van der Waals surface area contributed by atoms with E-state index in [1.54, 1.807) is 30.5 Å². The van der Waals surface area contributed by atoms with Gasteiger partial charge < -0.3 is 10.3 Å². The highest BCUT2D eigenvalue weighted by molar-refractivity contribution is 7.92. The van der Waals surface area contributed by atoms with Crippen molar-refractivity contribution >= 4 is 16.0 Å². The minimum atomic E-state index is -3.58. The van der Waals surface area contributed by atoms with Crippen molar-refractivity contribution in [1.29, 1.82) is 0 Å². The summed E-state index contributed by atoms with van der Waals surface area (Å²) in [7, 11) is -3.58. The largest absolute Gasteiger partial charge is 0.330 e. The van der Waals surface area contributed by atoms with E-state index in [9.17, 15) is 8.42 Å². The molecule has 0 saturated heterocycles. The number of benzene rings is 1. The first kappa shape index (κ1) is 13.6. The first-order valence-corrected chi connectivity index (χ1v) is 7.42. The number of hydrogen-bond acceptors (Lipinski definition) is 4. The molecule has 7 heteroatoms. The lowest BCUT2D eigenvalue weighted by Crippen LogP contribution is -2.15. The number of hydrogen-bond donors (Lipinski definition) is 3. The number of aromatic amines is 1. The molecule has 0 fully saturated rings. The van der Waals surface area contributed by atoms with Gasteiger partial charge in [-0.15, -0.1) is 0 Å². The monoisotopic (exact) mass is 280 g/mol. The predicted molar refractivity (Wildman–Crippen MR) is 73.2 cm³/mol. The summed E-state index contributed by atoms with van der Waals surface area (Å²) in [6.45, 7) is 3.62. The fourth-order valence-electron chi connectivity index (χ4n) is 1.56. The standard InChI is InChI=1S/C12H16N4O2S/c1-2-13-9-10-3-5-11(6-4-10)19(17,18)16-12-14-7-8-15-12/h3-8,13H,2,9H2,1H3,(H2,14,15,16). The number of imidazole rings is 1. The molecule has 0 aliphatic heterocycles. The van der Waals surface area contributed by atoms with Crippen molar-refractivity contribution in [3.8, 4) is 0 Å². The second-order valence-electron chi connectivity index (χ2n) is 3.97. The van der Waals surface area contributed by atoms with Crippen molar-refractivity contribution in [2.24, 2.45) is 0 Å². The molecule has 3 N–H and O–H groups in total. The highest BCUT2D eigenvalue weighted by Gasteiger charge is 2.14. The van der Waals surface area contributed by atoms with E-state index in [4.69, 9.17) is 0 Å². The van der Waals surface area contributed by atoms with Crippen molar-refractivity contribution in [3.63, 3.8) is 0 Å². The van der Waals surface area contributed by atoms with Crippen LogP contribution in [0.5, 0.6) is 0 Å². The molecular weight excluding hydrogens is 264 g/mol. The van der Waals surface area contributed by atoms with Gasteiger partial charge in [-0.25, -0.2) is 18.1 Å². The summed E-state index contributed by atoms with van der Waals surface area (Å²) in [5.41, 5.74) is 1.04. The van der Waals surface area contributed by atoms with Gasteiger partial charge in [-0.05, 0) is 24.2 Å². The number of H-pyrrole nitrogens is 1. The van der Waals surface area contributed by atoms with Crippen LogP contribution in [0.4, 0.5) is 5.95 Å². The molecular formula is C12H16N4O2S. The molecule has 0 atom stereocenters. The van der Waals surface area contributed by atoms with E-state index in [0.717, 1.165) is 18.7 Å². The Hall–Kier alpha value is -1.86. The molecule has 102 valence electrons. The lowest BCUT2D eigenvalue weighted by Gasteiger charge is -2.07. The van der Waals surface area contributed by atoms with Gasteiger partial charge in [-0.3, -0.25) is 0 Å². The summed E-state index contributed by atoms with van der Waals surface area (Å²) in [5.74, 6) is 0.205. The van der Waals surface area contributed by atoms with Gasteiger partial charge >= 0.3 is 0 Å². The first-order chi connectivity index (χ1) is 9.12. The summed E-state index contributed by atoms with van der Waals surface area (Å²) in [6.07, 6.45) is 3.04. The predicted octanol–water partition coefficient (Wildman–Crippen LogP) is 1.32. The normalized spacial score (nSPS) is 11.4. The highest BCUT2D eigenvalue weighted by atomic mass is 32.2. The third-order valence-corrected chi connectivity index (χ3v) is 3.90. The van der Waals surface area contributed by atoms with E-state index < -0.39 is 10.0 Å². The van der Waals surface area contributed by atoms with Crippen LogP contribution in [0, 0.1) is 0 Å². The number of nitrogens with one attached hydrogen (secondary N) is 3. The van der Waals surface area contributed by atoms with E-state index >= 15 is 0 Å². The van der Waals surface area contributed by atoms with Gasteiger partial charge in [0.2, 0.25) is 5.95 Å². The molecule has 6 nitrogen and oxygen atoms in total. The second kappa shape index (κ2) is 5.85. The zero-order valence-corrected chi connectivity index (χ0v) is 11.4. The molecule has 2 rings (SSSR count). The molecule has 1 heterocycles. The lowest BCUT2D eigenvalue weighted by atomic mass is 10.2. The van der Waals surface area contributed by atoms with Crippen molar-refractivity contribution in [2.75, 3.05) is 11.3 Å². The number of rotatable bonds is 6. The zero-order chi connectivity index (χ0) is 13.7. The maximum atomic E-state index is 12.0. The van der Waals surface area contributed by atoms with Crippen LogP contribution in [0.3, 0.4) is 0 Å². The minimum absolute atomic E-state index is 0.205. The Kier molecular flexibility index (Phi) is 4.18. The molecule has 1 aromatic heterocycles. The van der Waals surface area contributed by atoms with Crippen LogP contribution < -0.4 is 10.0 Å². The van der Waals surface area contributed by atoms with Crippen LogP contribution in [-0.4, -0.2) is 24.9 Å². The Morgan fingerprint density at radius 3 is 2.58 bits per heavy atom. The van der Waals surface area contributed by atoms with E-state index in [1.165, 1.54) is 6.20 Å². The zero-order valence-electron chi connectivity index (χ0n) is 10.6. The van der Waals surface area contributed by atoms with Gasteiger partial charge in [0.25, 0.3) is 10.0 Å². The van der Waals surface area contributed by atoms with Gasteiger partial charge in [0.05, 0.1) is 4.90 Å². The maximum Gasteiger partial charge on any atom is 0.264 e. The van der Waals surface area contributed by atoms with Gasteiger partial charge in [-0.2, -0.15) is 0 Å². The molecule has 0 aliphatic carbocycles. The van der Waals surface area contributed by atoms with Crippen LogP contribution in [0.15, 0.2) is 41.6 Å². The molecule has 0 saturated carbocycles. The lowest BCUT2D eigenvalue weighted by molar-refractivity contribution is 0.601. The van der Waals surface area contributed by atoms with Crippen LogP contribution in [0.1, 0.15) is 12.5 Å². The summed E-state index contributed by atoms with van der Waals surface area (Å²) in [4.78, 5) is 6.73. The van der Waals surface area contributed by atoms with E-state index in [0.29, 0.717) is 0 Å². The van der Waals surface area contributed by atoms with Crippen LogP contribution in [0.2, 0.25) is 0 Å². The fourth-order valence-corrected chi connectivity index (χ4v) is 2.54. The third-order valence-electron chi connectivity index (χ3n) is 2.54. The van der Waals surface area contributed by atoms with Crippen molar-refractivity contribution < 1.29 is 8.42 Å². The topological polar surface area (TPSA) is 86.9 Å². The summed E-state index contributed by atoms with van der Waals surface area (Å²) >= 11 is 0. The maximum absolute atomic E-state index is 12.0. The average molecular weight is 280 g/mol. The molecule has 0 unspecified atom stereocenters. The van der Waals surface area contributed by atoms with Crippen molar-refractivity contribution in [2.45, 2.75) is 18.4 Å². The Labute approximate surface area is 112 Å². The Bertz CT molecular complexity index is 606. The smallest absolute Gasteiger partial charge is 0.264 e. The molecule has 19 heavy (non-hydrogen) atoms. The van der Waals surface area contributed by atoms with E-state index in [-0.39, 0.29) is 10.8 Å². The molecule has 0 spiro atoms. The number of aromatic nitrogens is 2. The van der Waals surface area contributed by atoms with E-state index in [1.807, 2.05) is 6.92 Å². The number of sulfonamides is 1. The Morgan fingerprint density at radius 1 is 1.26 bits per heavy atom. The Morgan fingerprint density at radius 2 is 2.00 bits per heavy atom. The first-order valence-electron chi connectivity index (χ1n) is 5.93. The van der Waals surface area contributed by atoms with Gasteiger partial charge in [0, 0.05) is 18.9 Å². The van der Waals surface area contributed by atoms with Crippen molar-refractivity contribution in [1.82, 2.24) is 15.3 Å². The van der Waals surface area contributed by atoms with Gasteiger partial charge in [-0.1, -0.05) is 19.1 Å². The fraction of sp³-hybridized carbons (Fsp3) is 0.250. The number of anilines is 1. The number of nitrogens with zero attached hydrogens (tertiary/aromatic N) is 1. The minimum Gasteiger partial charge on any atom is -0.330 e. The van der Waals surface area contributed by atoms with Gasteiger partial charge in [0.1, 0.15) is 0 Å². The van der Waals surface area contributed by atoms with Crippen molar-refractivity contribution in [3.05, 3.63) is 42.2 Å². The third kappa shape index (κ3) is 3.55. The molecule has 0 bridgehead atoms. The Balaban J connectivity index is 2.12. The summed E-state index contributed by atoms with van der Waals surface area (Å²) in [6, 6.07) is 6.74. The quantitative estimate of drug-likeness (QED) is 0.745. The van der Waals surface area contributed by atoms with Gasteiger partial charge in [0.15, 0.2) is 0 Å². The molecule has 2 aromatic rings. The molecule has 0 aliphatic rings. The van der Waals surface area contributed by atoms with Crippen LogP contribution in [-0.2, 0) is 16.6 Å². The van der Waals surface area contributed by atoms with Crippen LogP contribution in [0.25, 0.3) is 0 Å². The average Bonchev–Trinajstić information content (AvgIpc) is 2.89. The summed E-state index contributed by atoms with van der Waals surface area (Å²) in [5, 5.41) is 3.18. The second-order valence-corrected chi connectivity index (χ2v) is 5.65.